The Kier molecular flexibility index (Phi) is 5.66. The van der Waals surface area contributed by atoms with Gasteiger partial charge in [-0.15, -0.1) is 11.3 Å². The monoisotopic (exact) mass is 282 g/mol. The summed E-state index contributed by atoms with van der Waals surface area (Å²) < 4.78 is 5.28. The molecule has 106 valence electrons. The molecule has 0 bridgehead atoms. The molecule has 1 saturated heterocycles. The normalized spacial score (nSPS) is 20.2. The van der Waals surface area contributed by atoms with Crippen molar-refractivity contribution in [3.63, 3.8) is 0 Å². The zero-order valence-electron chi connectivity index (χ0n) is 11.4. The van der Waals surface area contributed by atoms with Crippen LogP contribution in [-0.2, 0) is 11.2 Å². The van der Waals surface area contributed by atoms with Crippen molar-refractivity contribution in [2.24, 2.45) is 11.8 Å². The predicted octanol–water partition coefficient (Wildman–Crippen LogP) is 2.26. The Bertz CT molecular complexity index is 375. The third-order valence-electron chi connectivity index (χ3n) is 3.32. The van der Waals surface area contributed by atoms with Crippen LogP contribution in [0.2, 0.25) is 0 Å². The van der Waals surface area contributed by atoms with Gasteiger partial charge in [-0.1, -0.05) is 13.0 Å². The van der Waals surface area contributed by atoms with E-state index in [1.807, 2.05) is 0 Å². The fourth-order valence-corrected chi connectivity index (χ4v) is 3.02. The molecular weight excluding hydrogens is 260 g/mol. The van der Waals surface area contributed by atoms with Crippen molar-refractivity contribution in [3.05, 3.63) is 22.4 Å². The van der Waals surface area contributed by atoms with Gasteiger partial charge in [-0.25, -0.2) is 4.79 Å². The zero-order valence-corrected chi connectivity index (χ0v) is 12.2. The molecule has 1 aliphatic rings. The van der Waals surface area contributed by atoms with Crippen molar-refractivity contribution >= 4 is 17.4 Å². The summed E-state index contributed by atoms with van der Waals surface area (Å²) in [7, 11) is 0. The minimum atomic E-state index is -0.0649. The van der Waals surface area contributed by atoms with E-state index in [1.165, 1.54) is 4.88 Å². The van der Waals surface area contributed by atoms with Gasteiger partial charge in [0.1, 0.15) is 0 Å². The fourth-order valence-electron chi connectivity index (χ4n) is 2.16. The largest absolute Gasteiger partial charge is 0.381 e. The lowest BCUT2D eigenvalue weighted by atomic mass is 10.1. The molecule has 1 fully saturated rings. The van der Waals surface area contributed by atoms with Crippen LogP contribution in [0, 0.1) is 11.8 Å². The van der Waals surface area contributed by atoms with Crippen molar-refractivity contribution in [1.82, 2.24) is 10.6 Å². The summed E-state index contributed by atoms with van der Waals surface area (Å²) in [5.74, 6) is 0.938. The number of amides is 2. The Labute approximate surface area is 118 Å². The number of rotatable bonds is 6. The molecule has 2 rings (SSSR count). The highest BCUT2D eigenvalue weighted by molar-refractivity contribution is 7.09. The van der Waals surface area contributed by atoms with Crippen molar-refractivity contribution in [3.8, 4) is 0 Å². The summed E-state index contributed by atoms with van der Waals surface area (Å²) in [5.41, 5.74) is 0. The number of ether oxygens (including phenoxy) is 1. The number of carbonyl (C=O) groups is 1. The van der Waals surface area contributed by atoms with E-state index < -0.39 is 0 Å². The Morgan fingerprint density at radius 1 is 1.58 bits per heavy atom. The third kappa shape index (κ3) is 5.20. The van der Waals surface area contributed by atoms with E-state index in [4.69, 9.17) is 4.74 Å². The molecule has 0 aliphatic carbocycles. The standard InChI is InChI=1S/C14H22N2O2S/c1-11(7-13-3-2-6-19-13)8-15-14(17)16-9-12-4-5-18-10-12/h2-3,6,11-12H,4-5,7-10H2,1H3,(H2,15,16,17)/t11-,12-/m1/s1. The molecule has 2 N–H and O–H groups in total. The lowest BCUT2D eigenvalue weighted by molar-refractivity contribution is 0.185. The van der Waals surface area contributed by atoms with Crippen molar-refractivity contribution < 1.29 is 9.53 Å². The summed E-state index contributed by atoms with van der Waals surface area (Å²) in [6.45, 7) is 5.18. The van der Waals surface area contributed by atoms with Gasteiger partial charge in [0.15, 0.2) is 0 Å². The molecule has 0 spiro atoms. The molecule has 1 aromatic heterocycles. The van der Waals surface area contributed by atoms with Crippen molar-refractivity contribution in [2.75, 3.05) is 26.3 Å². The van der Waals surface area contributed by atoms with Crippen LogP contribution >= 0.6 is 11.3 Å². The number of carbonyl (C=O) groups excluding carboxylic acids is 1. The first kappa shape index (κ1) is 14.3. The number of hydrogen-bond donors (Lipinski definition) is 2. The quantitative estimate of drug-likeness (QED) is 0.841. The topological polar surface area (TPSA) is 50.4 Å². The minimum Gasteiger partial charge on any atom is -0.381 e. The predicted molar refractivity (Wildman–Crippen MR) is 77.5 cm³/mol. The first-order valence-electron chi connectivity index (χ1n) is 6.86. The number of nitrogens with one attached hydrogen (secondary N) is 2. The highest BCUT2D eigenvalue weighted by Gasteiger charge is 2.16. The van der Waals surface area contributed by atoms with Crippen molar-refractivity contribution in [1.29, 1.82) is 0 Å². The summed E-state index contributed by atoms with van der Waals surface area (Å²) in [6.07, 6.45) is 2.07. The van der Waals surface area contributed by atoms with Gasteiger partial charge in [0.25, 0.3) is 0 Å². The van der Waals surface area contributed by atoms with Crippen LogP contribution in [0.5, 0.6) is 0 Å². The van der Waals surface area contributed by atoms with Crippen LogP contribution in [0.25, 0.3) is 0 Å². The summed E-state index contributed by atoms with van der Waals surface area (Å²) in [4.78, 5) is 13.0. The van der Waals surface area contributed by atoms with E-state index in [2.05, 4.69) is 35.1 Å². The summed E-state index contributed by atoms with van der Waals surface area (Å²) in [5, 5.41) is 7.93. The van der Waals surface area contributed by atoms with Crippen LogP contribution in [0.4, 0.5) is 4.79 Å². The molecule has 2 heterocycles. The number of hydrogen-bond acceptors (Lipinski definition) is 3. The Balaban J connectivity index is 1.57. The van der Waals surface area contributed by atoms with Gasteiger partial charge in [-0.05, 0) is 30.2 Å². The average Bonchev–Trinajstić information content (AvgIpc) is 3.06. The van der Waals surface area contributed by atoms with E-state index in [1.54, 1.807) is 11.3 Å². The molecule has 0 aromatic carbocycles. The second kappa shape index (κ2) is 7.50. The highest BCUT2D eigenvalue weighted by atomic mass is 32.1. The Hall–Kier alpha value is -1.07. The molecule has 2 atom stereocenters. The fraction of sp³-hybridized carbons (Fsp3) is 0.643. The molecule has 4 nitrogen and oxygen atoms in total. The van der Waals surface area contributed by atoms with Crippen LogP contribution < -0.4 is 10.6 Å². The van der Waals surface area contributed by atoms with E-state index in [0.29, 0.717) is 24.9 Å². The number of urea groups is 1. The van der Waals surface area contributed by atoms with Gasteiger partial charge in [0.2, 0.25) is 0 Å². The molecule has 1 aromatic rings. The molecule has 19 heavy (non-hydrogen) atoms. The van der Waals surface area contributed by atoms with E-state index in [-0.39, 0.29) is 6.03 Å². The molecule has 2 amide bonds. The molecule has 0 unspecified atom stereocenters. The molecule has 1 aliphatic heterocycles. The zero-order chi connectivity index (χ0) is 13.5. The molecular formula is C14H22N2O2S. The maximum Gasteiger partial charge on any atom is 0.314 e. The SMILES string of the molecule is C[C@@H](CNC(=O)NC[C@H]1CCOC1)Cc1cccs1. The lowest BCUT2D eigenvalue weighted by Crippen LogP contribution is -2.40. The van der Waals surface area contributed by atoms with Gasteiger partial charge in [-0.2, -0.15) is 0 Å². The summed E-state index contributed by atoms with van der Waals surface area (Å²) in [6, 6.07) is 4.14. The van der Waals surface area contributed by atoms with Crippen LogP contribution in [-0.4, -0.2) is 32.3 Å². The van der Waals surface area contributed by atoms with Gasteiger partial charge in [0.05, 0.1) is 6.61 Å². The van der Waals surface area contributed by atoms with Crippen LogP contribution in [0.3, 0.4) is 0 Å². The first-order valence-corrected chi connectivity index (χ1v) is 7.74. The van der Waals surface area contributed by atoms with E-state index >= 15 is 0 Å². The van der Waals surface area contributed by atoms with Gasteiger partial charge < -0.3 is 15.4 Å². The lowest BCUT2D eigenvalue weighted by Gasteiger charge is -2.14. The second-order valence-corrected chi connectivity index (χ2v) is 6.24. The maximum absolute atomic E-state index is 11.6. The maximum atomic E-state index is 11.6. The van der Waals surface area contributed by atoms with E-state index in [9.17, 15) is 4.79 Å². The third-order valence-corrected chi connectivity index (χ3v) is 4.21. The van der Waals surface area contributed by atoms with Crippen LogP contribution in [0.15, 0.2) is 17.5 Å². The number of thiophene rings is 1. The second-order valence-electron chi connectivity index (χ2n) is 5.21. The first-order chi connectivity index (χ1) is 9.24. The summed E-state index contributed by atoms with van der Waals surface area (Å²) >= 11 is 1.77. The average molecular weight is 282 g/mol. The van der Waals surface area contributed by atoms with Crippen molar-refractivity contribution in [2.45, 2.75) is 19.8 Å². The van der Waals surface area contributed by atoms with Gasteiger partial charge >= 0.3 is 6.03 Å². The van der Waals surface area contributed by atoms with Gasteiger partial charge in [0, 0.05) is 30.5 Å². The van der Waals surface area contributed by atoms with E-state index in [0.717, 1.165) is 26.1 Å². The smallest absolute Gasteiger partial charge is 0.314 e. The molecule has 0 radical (unpaired) electrons. The molecule has 5 heteroatoms. The highest BCUT2D eigenvalue weighted by Crippen LogP contribution is 2.13. The molecule has 0 saturated carbocycles. The Morgan fingerprint density at radius 2 is 2.47 bits per heavy atom. The van der Waals surface area contributed by atoms with Crippen LogP contribution in [0.1, 0.15) is 18.2 Å². The van der Waals surface area contributed by atoms with Gasteiger partial charge in [-0.3, -0.25) is 0 Å². The minimum absolute atomic E-state index is 0.0649. The Morgan fingerprint density at radius 3 is 3.16 bits per heavy atom.